The molecule has 0 aliphatic carbocycles. The number of para-hydroxylation sites is 1. The van der Waals surface area contributed by atoms with Crippen molar-refractivity contribution in [2.45, 2.75) is 20.8 Å². The summed E-state index contributed by atoms with van der Waals surface area (Å²) in [6.45, 7) is 5.36. The Morgan fingerprint density at radius 1 is 1.07 bits per heavy atom. The number of anilines is 2. The lowest BCUT2D eigenvalue weighted by Crippen LogP contribution is -2.39. The van der Waals surface area contributed by atoms with Crippen LogP contribution in [0.4, 0.5) is 11.4 Å². The van der Waals surface area contributed by atoms with E-state index in [0.29, 0.717) is 34.0 Å². The Hall–Kier alpha value is -3.00. The number of fused-ring (bicyclic) bond motifs is 1. The van der Waals surface area contributed by atoms with Crippen LogP contribution in [0, 0.1) is 6.92 Å². The summed E-state index contributed by atoms with van der Waals surface area (Å²) in [5.74, 6) is 0.204. The smallest absolute Gasteiger partial charge is 0.270 e. The van der Waals surface area contributed by atoms with E-state index >= 15 is 0 Å². The van der Waals surface area contributed by atoms with Gasteiger partial charge < -0.3 is 14.8 Å². The Balaban J connectivity index is 2.20. The standard InChI is InChI=1S/C21H24N2O5S/c1-6-23-17-12-19(28-5)18(27-4)11-15(17)14(3)20(29(23,25)26)21(24)22-16-10-8-7-9-13(16)2/h7-12H,6H2,1-5H3,(H,22,24). The van der Waals surface area contributed by atoms with E-state index in [1.54, 1.807) is 38.1 Å². The van der Waals surface area contributed by atoms with Gasteiger partial charge in [-0.15, -0.1) is 0 Å². The molecule has 2 aromatic carbocycles. The number of allylic oxidation sites excluding steroid dienone is 1. The van der Waals surface area contributed by atoms with Gasteiger partial charge in [0, 0.05) is 23.9 Å². The lowest BCUT2D eigenvalue weighted by Gasteiger charge is -2.32. The fourth-order valence-electron chi connectivity index (χ4n) is 3.45. The van der Waals surface area contributed by atoms with Gasteiger partial charge >= 0.3 is 0 Å². The fourth-order valence-corrected chi connectivity index (χ4v) is 5.20. The van der Waals surface area contributed by atoms with Crippen molar-refractivity contribution in [3.05, 3.63) is 52.4 Å². The van der Waals surface area contributed by atoms with Crippen molar-refractivity contribution in [2.75, 3.05) is 30.4 Å². The minimum absolute atomic E-state index is 0.166. The molecule has 3 rings (SSSR count). The molecule has 154 valence electrons. The summed E-state index contributed by atoms with van der Waals surface area (Å²) < 4.78 is 38.5. The van der Waals surface area contributed by atoms with Gasteiger partial charge in [-0.2, -0.15) is 0 Å². The molecule has 29 heavy (non-hydrogen) atoms. The minimum atomic E-state index is -4.05. The third kappa shape index (κ3) is 3.44. The normalized spacial score (nSPS) is 15.0. The average molecular weight is 416 g/mol. The molecule has 0 unspecified atom stereocenters. The van der Waals surface area contributed by atoms with Crippen molar-refractivity contribution in [3.8, 4) is 11.5 Å². The Morgan fingerprint density at radius 2 is 1.69 bits per heavy atom. The first-order valence-electron chi connectivity index (χ1n) is 9.13. The van der Waals surface area contributed by atoms with Crippen LogP contribution in [-0.2, 0) is 14.8 Å². The largest absolute Gasteiger partial charge is 0.493 e. The highest BCUT2D eigenvalue weighted by Crippen LogP contribution is 2.44. The molecule has 7 nitrogen and oxygen atoms in total. The molecular formula is C21H24N2O5S. The summed E-state index contributed by atoms with van der Waals surface area (Å²) in [4.78, 5) is 12.8. The van der Waals surface area contributed by atoms with Crippen LogP contribution in [0.3, 0.4) is 0 Å². The Labute approximate surface area is 171 Å². The second kappa shape index (κ2) is 7.79. The van der Waals surface area contributed by atoms with E-state index in [4.69, 9.17) is 9.47 Å². The van der Waals surface area contributed by atoms with Gasteiger partial charge in [0.2, 0.25) is 0 Å². The highest BCUT2D eigenvalue weighted by molar-refractivity contribution is 7.97. The molecule has 1 heterocycles. The van der Waals surface area contributed by atoms with Crippen LogP contribution in [0.25, 0.3) is 5.57 Å². The number of ether oxygens (including phenoxy) is 2. The lowest BCUT2D eigenvalue weighted by atomic mass is 10.0. The average Bonchev–Trinajstić information content (AvgIpc) is 2.68. The van der Waals surface area contributed by atoms with Crippen molar-refractivity contribution in [3.63, 3.8) is 0 Å². The number of rotatable bonds is 5. The molecule has 1 N–H and O–H groups in total. The monoisotopic (exact) mass is 416 g/mol. The highest BCUT2D eigenvalue weighted by Gasteiger charge is 2.39. The molecule has 0 bridgehead atoms. The fraction of sp³-hybridized carbons (Fsp3) is 0.286. The predicted octanol–water partition coefficient (Wildman–Crippen LogP) is 3.55. The van der Waals surface area contributed by atoms with Crippen LogP contribution in [0.2, 0.25) is 0 Å². The molecule has 8 heteroatoms. The van der Waals surface area contributed by atoms with E-state index in [2.05, 4.69) is 5.32 Å². The quantitative estimate of drug-likeness (QED) is 0.806. The number of carbonyl (C=O) groups excluding carboxylic acids is 1. The second-order valence-corrected chi connectivity index (χ2v) is 8.42. The highest BCUT2D eigenvalue weighted by atomic mass is 32.2. The Morgan fingerprint density at radius 3 is 2.28 bits per heavy atom. The summed E-state index contributed by atoms with van der Waals surface area (Å²) in [6.07, 6.45) is 0. The van der Waals surface area contributed by atoms with Crippen molar-refractivity contribution in [1.29, 1.82) is 0 Å². The first kappa shape index (κ1) is 20.7. The van der Waals surface area contributed by atoms with E-state index in [9.17, 15) is 13.2 Å². The zero-order chi connectivity index (χ0) is 21.3. The summed E-state index contributed by atoms with van der Waals surface area (Å²) in [7, 11) is -1.06. The number of nitrogens with zero attached hydrogens (tertiary/aromatic N) is 1. The van der Waals surface area contributed by atoms with Crippen molar-refractivity contribution in [1.82, 2.24) is 0 Å². The molecule has 0 saturated heterocycles. The Bertz CT molecular complexity index is 1110. The van der Waals surface area contributed by atoms with Crippen LogP contribution < -0.4 is 19.1 Å². The number of nitrogens with one attached hydrogen (secondary N) is 1. The summed E-state index contributed by atoms with van der Waals surface area (Å²) in [6, 6.07) is 10.5. The maximum atomic E-state index is 13.3. The SMILES string of the molecule is CCN1c2cc(OC)c(OC)cc2C(C)=C(C(=O)Nc2ccccc2C)S1(=O)=O. The molecule has 0 atom stereocenters. The van der Waals surface area contributed by atoms with Gasteiger partial charge in [-0.1, -0.05) is 18.2 Å². The zero-order valence-corrected chi connectivity index (χ0v) is 17.9. The van der Waals surface area contributed by atoms with Gasteiger partial charge in [-0.3, -0.25) is 9.10 Å². The maximum Gasteiger partial charge on any atom is 0.270 e. The third-order valence-corrected chi connectivity index (χ3v) is 6.99. The molecule has 0 aromatic heterocycles. The third-order valence-electron chi connectivity index (χ3n) is 4.95. The molecule has 1 aliphatic heterocycles. The maximum absolute atomic E-state index is 13.3. The molecule has 2 aromatic rings. The van der Waals surface area contributed by atoms with Crippen LogP contribution in [0.5, 0.6) is 11.5 Å². The van der Waals surface area contributed by atoms with E-state index in [-0.39, 0.29) is 11.4 Å². The molecule has 1 amide bonds. The molecule has 0 radical (unpaired) electrons. The molecule has 0 fully saturated rings. The van der Waals surface area contributed by atoms with Gasteiger partial charge in [0.05, 0.1) is 19.9 Å². The van der Waals surface area contributed by atoms with E-state index in [1.165, 1.54) is 18.5 Å². The first-order valence-corrected chi connectivity index (χ1v) is 10.6. The van der Waals surface area contributed by atoms with E-state index in [1.807, 2.05) is 19.1 Å². The Kier molecular flexibility index (Phi) is 5.57. The minimum Gasteiger partial charge on any atom is -0.493 e. The molecule has 1 aliphatic rings. The van der Waals surface area contributed by atoms with Crippen LogP contribution >= 0.6 is 0 Å². The number of hydrogen-bond acceptors (Lipinski definition) is 5. The number of hydrogen-bond donors (Lipinski definition) is 1. The molecule has 0 spiro atoms. The van der Waals surface area contributed by atoms with Crippen LogP contribution in [0.15, 0.2) is 41.3 Å². The zero-order valence-electron chi connectivity index (χ0n) is 17.1. The van der Waals surface area contributed by atoms with Gasteiger partial charge in [-0.05, 0) is 44.0 Å². The molecular weight excluding hydrogens is 392 g/mol. The summed E-state index contributed by atoms with van der Waals surface area (Å²) >= 11 is 0. The van der Waals surface area contributed by atoms with Crippen molar-refractivity contribution >= 4 is 32.9 Å². The van der Waals surface area contributed by atoms with Gasteiger partial charge in [0.1, 0.15) is 0 Å². The topological polar surface area (TPSA) is 84.9 Å². The van der Waals surface area contributed by atoms with E-state index in [0.717, 1.165) is 5.56 Å². The van der Waals surface area contributed by atoms with Gasteiger partial charge in [0.15, 0.2) is 16.4 Å². The van der Waals surface area contributed by atoms with Crippen molar-refractivity contribution < 1.29 is 22.7 Å². The first-order chi connectivity index (χ1) is 13.8. The molecule has 0 saturated carbocycles. The number of amides is 1. The van der Waals surface area contributed by atoms with Gasteiger partial charge in [0.25, 0.3) is 15.9 Å². The van der Waals surface area contributed by atoms with Gasteiger partial charge in [-0.25, -0.2) is 8.42 Å². The number of methoxy groups -OCH3 is 2. The van der Waals surface area contributed by atoms with Crippen molar-refractivity contribution in [2.24, 2.45) is 0 Å². The number of carbonyl (C=O) groups is 1. The predicted molar refractivity (Wildman–Crippen MR) is 114 cm³/mol. The lowest BCUT2D eigenvalue weighted by molar-refractivity contribution is -0.112. The number of aryl methyl sites for hydroxylation is 1. The summed E-state index contributed by atoms with van der Waals surface area (Å²) in [5, 5.41) is 2.73. The second-order valence-electron chi connectivity index (χ2n) is 6.62. The number of sulfonamides is 1. The van der Waals surface area contributed by atoms with Crippen LogP contribution in [-0.4, -0.2) is 35.1 Å². The number of benzene rings is 2. The summed E-state index contributed by atoms with van der Waals surface area (Å²) in [5.41, 5.74) is 2.82. The van der Waals surface area contributed by atoms with E-state index < -0.39 is 15.9 Å². The van der Waals surface area contributed by atoms with Crippen LogP contribution in [0.1, 0.15) is 25.0 Å².